The van der Waals surface area contributed by atoms with Crippen LogP contribution >= 0.6 is 0 Å². The molecule has 41 heavy (non-hydrogen) atoms. The first-order valence-corrected chi connectivity index (χ1v) is 12.5. The normalized spacial score (nSPS) is 13.7. The Labute approximate surface area is 233 Å². The van der Waals surface area contributed by atoms with E-state index >= 15 is 0 Å². The Kier molecular flexibility index (Phi) is 12.2. The molecule has 0 unspecified atom stereocenters. The molecule has 0 aliphatic heterocycles. The Balaban J connectivity index is 2.27. The fourth-order valence-electron chi connectivity index (χ4n) is 3.68. The van der Waals surface area contributed by atoms with Crippen LogP contribution in [0.25, 0.3) is 0 Å². The number of carboxylic acids is 2. The zero-order valence-electron chi connectivity index (χ0n) is 21.9. The Morgan fingerprint density at radius 2 is 1.41 bits per heavy atom. The second-order valence-corrected chi connectivity index (χ2v) is 9.20. The van der Waals surface area contributed by atoms with Crippen molar-refractivity contribution in [2.75, 3.05) is 0 Å². The number of benzene rings is 1. The number of imidazole rings is 1. The lowest BCUT2D eigenvalue weighted by Gasteiger charge is -2.25. The summed E-state index contributed by atoms with van der Waals surface area (Å²) in [6.07, 6.45) is 1.36. The zero-order chi connectivity index (χ0) is 30.5. The summed E-state index contributed by atoms with van der Waals surface area (Å²) in [5.74, 6) is -5.94. The molecule has 2 rings (SSSR count). The monoisotopic (exact) mass is 575 g/mol. The summed E-state index contributed by atoms with van der Waals surface area (Å²) < 4.78 is 0. The summed E-state index contributed by atoms with van der Waals surface area (Å²) >= 11 is 0. The molecule has 222 valence electrons. The minimum atomic E-state index is -1.55. The first kappa shape index (κ1) is 32.2. The molecule has 0 radical (unpaired) electrons. The predicted octanol–water partition coefficient (Wildman–Crippen LogP) is -2.10. The number of rotatable bonds is 17. The molecule has 0 spiro atoms. The molecule has 16 heteroatoms. The fraction of sp³-hybridized carbons (Fsp3) is 0.400. The highest BCUT2D eigenvalue weighted by molar-refractivity contribution is 5.94. The molecule has 2 aromatic rings. The maximum Gasteiger partial charge on any atom is 0.326 e. The zero-order valence-corrected chi connectivity index (χ0v) is 21.9. The lowest BCUT2D eigenvalue weighted by Crippen LogP contribution is -2.58. The van der Waals surface area contributed by atoms with E-state index in [1.807, 2.05) is 0 Å². The third kappa shape index (κ3) is 11.3. The number of hydrogen-bond donors (Lipinski definition) is 9. The number of hydrogen-bond acceptors (Lipinski definition) is 9. The fourth-order valence-corrected chi connectivity index (χ4v) is 3.68. The number of primary amides is 1. The third-order valence-corrected chi connectivity index (χ3v) is 5.91. The second-order valence-electron chi connectivity index (χ2n) is 9.20. The maximum absolute atomic E-state index is 13.4. The number of carbonyl (C=O) groups excluding carboxylic acids is 4. The van der Waals surface area contributed by atoms with E-state index in [2.05, 4.69) is 25.9 Å². The molecule has 0 aliphatic rings. The lowest BCUT2D eigenvalue weighted by atomic mass is 10.0. The third-order valence-electron chi connectivity index (χ3n) is 5.91. The first-order chi connectivity index (χ1) is 19.3. The molecule has 0 bridgehead atoms. The number of phenolic OH excluding ortho intramolecular Hbond substituents is 1. The summed E-state index contributed by atoms with van der Waals surface area (Å²) in [5, 5.41) is 35.1. The predicted molar refractivity (Wildman–Crippen MR) is 141 cm³/mol. The van der Waals surface area contributed by atoms with Gasteiger partial charge >= 0.3 is 11.9 Å². The average Bonchev–Trinajstić information content (AvgIpc) is 3.42. The van der Waals surface area contributed by atoms with E-state index in [1.165, 1.54) is 36.8 Å². The van der Waals surface area contributed by atoms with Gasteiger partial charge in [-0.3, -0.25) is 24.0 Å². The van der Waals surface area contributed by atoms with Gasteiger partial charge in [-0.15, -0.1) is 0 Å². The summed E-state index contributed by atoms with van der Waals surface area (Å²) in [6, 6.07) is 0.400. The molecule has 0 aliphatic carbocycles. The average molecular weight is 576 g/mol. The number of aromatic nitrogens is 2. The van der Waals surface area contributed by atoms with Crippen LogP contribution in [0.2, 0.25) is 0 Å². The van der Waals surface area contributed by atoms with Gasteiger partial charge in [0.05, 0.1) is 18.1 Å². The van der Waals surface area contributed by atoms with E-state index in [0.29, 0.717) is 11.3 Å². The molecule has 16 nitrogen and oxygen atoms in total. The first-order valence-electron chi connectivity index (χ1n) is 12.5. The molecule has 1 aromatic heterocycles. The van der Waals surface area contributed by atoms with Gasteiger partial charge in [0.1, 0.15) is 23.9 Å². The van der Waals surface area contributed by atoms with E-state index in [1.54, 1.807) is 0 Å². The maximum atomic E-state index is 13.4. The molecule has 4 amide bonds. The van der Waals surface area contributed by atoms with Crippen molar-refractivity contribution in [2.45, 2.75) is 62.7 Å². The number of nitrogens with one attached hydrogen (secondary N) is 4. The summed E-state index contributed by atoms with van der Waals surface area (Å²) in [5.41, 5.74) is 11.8. The largest absolute Gasteiger partial charge is 0.508 e. The van der Waals surface area contributed by atoms with Gasteiger partial charge in [0, 0.05) is 31.9 Å². The van der Waals surface area contributed by atoms with Gasteiger partial charge in [-0.05, 0) is 30.5 Å². The highest BCUT2D eigenvalue weighted by Crippen LogP contribution is 2.12. The highest BCUT2D eigenvalue weighted by atomic mass is 16.4. The Bertz CT molecular complexity index is 1220. The molecule has 1 aromatic carbocycles. The van der Waals surface area contributed by atoms with E-state index in [0.717, 1.165) is 0 Å². The van der Waals surface area contributed by atoms with Crippen LogP contribution in [-0.4, -0.2) is 85.0 Å². The smallest absolute Gasteiger partial charge is 0.326 e. The van der Waals surface area contributed by atoms with E-state index in [9.17, 15) is 39.0 Å². The van der Waals surface area contributed by atoms with Crippen molar-refractivity contribution in [2.24, 2.45) is 11.5 Å². The molecule has 11 N–H and O–H groups in total. The SMILES string of the molecule is NC(=O)CC[C@H](N)C(=O)N[C@@H](Cc1ccc(O)cc1)C(=O)N[C@@H](Cc1c[nH]cn1)C(=O)N[C@@H](CCC(=O)O)C(=O)O. The summed E-state index contributed by atoms with van der Waals surface area (Å²) in [4.78, 5) is 79.6. The van der Waals surface area contributed by atoms with Gasteiger partial charge in [0.25, 0.3) is 0 Å². The molecular weight excluding hydrogens is 542 g/mol. The number of aliphatic carboxylic acids is 2. The lowest BCUT2D eigenvalue weighted by molar-refractivity contribution is -0.143. The minimum absolute atomic E-state index is 0.0288. The van der Waals surface area contributed by atoms with Gasteiger partial charge in [0.15, 0.2) is 0 Å². The van der Waals surface area contributed by atoms with Crippen molar-refractivity contribution in [1.82, 2.24) is 25.9 Å². The van der Waals surface area contributed by atoms with Crippen LogP contribution < -0.4 is 27.4 Å². The number of carboxylic acid groups (broad SMARTS) is 2. The standard InChI is InChI=1S/C25H33N7O9/c26-16(5-7-20(27)34)22(37)31-18(9-13-1-3-15(33)4-2-13)23(38)32-19(10-14-11-28-12-29-14)24(39)30-17(25(40)41)6-8-21(35)36/h1-4,11-12,16-19,33H,5-10,26H2,(H2,27,34)(H,28,29)(H,30,39)(H,31,37)(H,32,38)(H,35,36)(H,40,41)/t16-,17-,18-,19-/m0/s1. The van der Waals surface area contributed by atoms with Crippen LogP contribution in [0.3, 0.4) is 0 Å². The van der Waals surface area contributed by atoms with Crippen molar-refractivity contribution >= 4 is 35.6 Å². The number of phenols is 1. The molecule has 0 saturated heterocycles. The molecule has 1 heterocycles. The Hall–Kier alpha value is -4.99. The second kappa shape index (κ2) is 15.6. The van der Waals surface area contributed by atoms with Gasteiger partial charge in [-0.1, -0.05) is 12.1 Å². The van der Waals surface area contributed by atoms with Crippen LogP contribution in [0.1, 0.15) is 36.9 Å². The Morgan fingerprint density at radius 1 is 0.829 bits per heavy atom. The number of H-pyrrole nitrogens is 1. The molecular formula is C25H33N7O9. The highest BCUT2D eigenvalue weighted by Gasteiger charge is 2.31. The number of aromatic hydroxyl groups is 1. The van der Waals surface area contributed by atoms with Crippen molar-refractivity contribution < 1.29 is 44.1 Å². The van der Waals surface area contributed by atoms with Gasteiger partial charge in [-0.25, -0.2) is 9.78 Å². The van der Waals surface area contributed by atoms with Gasteiger partial charge in [0.2, 0.25) is 23.6 Å². The Morgan fingerprint density at radius 3 is 1.95 bits per heavy atom. The quantitative estimate of drug-likeness (QED) is 0.0984. The van der Waals surface area contributed by atoms with Crippen LogP contribution in [0.15, 0.2) is 36.8 Å². The molecule has 0 saturated carbocycles. The molecule has 0 fully saturated rings. The number of nitrogens with two attached hydrogens (primary N) is 2. The van der Waals surface area contributed by atoms with Gasteiger partial charge in [-0.2, -0.15) is 0 Å². The van der Waals surface area contributed by atoms with Crippen molar-refractivity contribution in [1.29, 1.82) is 0 Å². The minimum Gasteiger partial charge on any atom is -0.508 e. The number of amides is 4. The number of carbonyl (C=O) groups is 6. The van der Waals surface area contributed by atoms with Crippen molar-refractivity contribution in [3.63, 3.8) is 0 Å². The van der Waals surface area contributed by atoms with Crippen LogP contribution in [0.4, 0.5) is 0 Å². The van der Waals surface area contributed by atoms with Crippen LogP contribution in [-0.2, 0) is 41.6 Å². The van der Waals surface area contributed by atoms with E-state index in [-0.39, 0.29) is 31.4 Å². The molecule has 4 atom stereocenters. The number of nitrogens with zero attached hydrogens (tertiary/aromatic N) is 1. The summed E-state index contributed by atoms with van der Waals surface area (Å²) in [7, 11) is 0. The van der Waals surface area contributed by atoms with E-state index in [4.69, 9.17) is 16.6 Å². The van der Waals surface area contributed by atoms with Crippen molar-refractivity contribution in [3.8, 4) is 5.75 Å². The van der Waals surface area contributed by atoms with Crippen LogP contribution in [0.5, 0.6) is 5.75 Å². The van der Waals surface area contributed by atoms with Gasteiger partial charge < -0.3 is 47.7 Å². The van der Waals surface area contributed by atoms with Crippen molar-refractivity contribution in [3.05, 3.63) is 48.0 Å². The number of aromatic amines is 1. The van der Waals surface area contributed by atoms with E-state index < -0.39 is 72.6 Å². The topological polar surface area (TPSA) is 280 Å². The van der Waals surface area contributed by atoms with Crippen LogP contribution in [0, 0.1) is 0 Å². The summed E-state index contributed by atoms with van der Waals surface area (Å²) in [6.45, 7) is 0.